The summed E-state index contributed by atoms with van der Waals surface area (Å²) in [7, 11) is 0. The van der Waals surface area contributed by atoms with Crippen LogP contribution in [0.4, 0.5) is 0 Å². The third kappa shape index (κ3) is 5.46. The van der Waals surface area contributed by atoms with Crippen LogP contribution in [0.2, 0.25) is 0 Å². The largest absolute Gasteiger partial charge is 2.00 e. The van der Waals surface area contributed by atoms with E-state index in [2.05, 4.69) is 0 Å². The number of hydrogen-bond donors (Lipinski definition) is 0. The molecule has 0 N–H and O–H groups in total. The van der Waals surface area contributed by atoms with E-state index in [0.29, 0.717) is 0 Å². The minimum Gasteiger partial charge on any atom is -0.543 e. The van der Waals surface area contributed by atoms with Crippen LogP contribution in [0.3, 0.4) is 0 Å². The van der Waals surface area contributed by atoms with Gasteiger partial charge in [-0.1, -0.05) is 0 Å². The van der Waals surface area contributed by atoms with E-state index in [4.69, 9.17) is 19.8 Å². The molecule has 0 fully saturated rings. The minimum atomic E-state index is -2.19. The summed E-state index contributed by atoms with van der Waals surface area (Å²) in [5, 5.41) is 17.9. The van der Waals surface area contributed by atoms with Crippen molar-refractivity contribution in [2.45, 2.75) is 0 Å². The molecule has 0 amide bonds. The molecule has 0 saturated carbocycles. The number of aliphatic carboxylic acids is 2. The van der Waals surface area contributed by atoms with E-state index in [1.807, 2.05) is 0 Å². The third-order valence-electron chi connectivity index (χ3n) is 0.167. The van der Waals surface area contributed by atoms with Gasteiger partial charge in [-0.2, -0.15) is 0 Å². The standard InChI is InChI=1S/C2H2O4.Cu/c3-1(4)2(5)6;/h(H,3,4)(H,5,6);/q;+2/p-2. The Morgan fingerprint density at radius 1 is 1.00 bits per heavy atom. The smallest absolute Gasteiger partial charge is 0.543 e. The Labute approximate surface area is 49.6 Å². The van der Waals surface area contributed by atoms with Crippen molar-refractivity contribution in [2.75, 3.05) is 0 Å². The predicted molar refractivity (Wildman–Crippen MR) is 10.0 cm³/mol. The van der Waals surface area contributed by atoms with Crippen molar-refractivity contribution in [3.8, 4) is 0 Å². The zero-order valence-corrected chi connectivity index (χ0v) is 3.88. The second-order valence-electron chi connectivity index (χ2n) is 0.575. The van der Waals surface area contributed by atoms with Crippen LogP contribution in [0, 0.1) is 0 Å². The van der Waals surface area contributed by atoms with Gasteiger partial charge in [0.1, 0.15) is 0 Å². The minimum absolute atomic E-state index is 0. The van der Waals surface area contributed by atoms with Gasteiger partial charge < -0.3 is 19.8 Å². The van der Waals surface area contributed by atoms with Crippen molar-refractivity contribution < 1.29 is 36.9 Å². The molecule has 1 radical (unpaired) electrons. The molecule has 0 bridgehead atoms. The van der Waals surface area contributed by atoms with E-state index in [1.165, 1.54) is 0 Å². The van der Waals surface area contributed by atoms with E-state index >= 15 is 0 Å². The van der Waals surface area contributed by atoms with Gasteiger partial charge in [0.05, 0.1) is 11.9 Å². The summed E-state index contributed by atoms with van der Waals surface area (Å²) in [6.45, 7) is 0. The molecule has 0 aliphatic rings. The molecule has 0 aliphatic carbocycles. The van der Waals surface area contributed by atoms with Gasteiger partial charge in [0, 0.05) is 0 Å². The number of carbonyl (C=O) groups excluding carboxylic acids is 2. The van der Waals surface area contributed by atoms with Crippen molar-refractivity contribution in [2.24, 2.45) is 0 Å². The Morgan fingerprint density at radius 3 is 1.14 bits per heavy atom. The molecule has 0 spiro atoms. The van der Waals surface area contributed by atoms with Gasteiger partial charge in [-0.15, -0.1) is 0 Å². The van der Waals surface area contributed by atoms with Crippen LogP contribution in [0.15, 0.2) is 0 Å². The molecule has 0 heterocycles. The van der Waals surface area contributed by atoms with Crippen LogP contribution >= 0.6 is 0 Å². The normalized spacial score (nSPS) is 6.29. The molecule has 0 aromatic rings. The van der Waals surface area contributed by atoms with E-state index in [-0.39, 0.29) is 17.1 Å². The molecule has 0 rings (SSSR count). The first-order chi connectivity index (χ1) is 2.64. The molecular weight excluding hydrogens is 152 g/mol. The molecule has 0 aromatic carbocycles. The predicted octanol–water partition coefficient (Wildman–Crippen LogP) is -3.52. The molecule has 0 atom stereocenters. The van der Waals surface area contributed by atoms with Gasteiger partial charge in [-0.25, -0.2) is 0 Å². The quantitative estimate of drug-likeness (QED) is 0.266. The molecule has 0 aromatic heterocycles. The number of hydrogen-bond acceptors (Lipinski definition) is 4. The molecule has 0 aliphatic heterocycles. The topological polar surface area (TPSA) is 80.3 Å². The summed E-state index contributed by atoms with van der Waals surface area (Å²) in [4.78, 5) is 17.9. The van der Waals surface area contributed by atoms with Crippen molar-refractivity contribution in [1.29, 1.82) is 0 Å². The van der Waals surface area contributed by atoms with E-state index < -0.39 is 11.9 Å². The van der Waals surface area contributed by atoms with Gasteiger partial charge in [-0.05, 0) is 0 Å². The second-order valence-corrected chi connectivity index (χ2v) is 0.575. The van der Waals surface area contributed by atoms with E-state index in [1.54, 1.807) is 0 Å². The summed E-state index contributed by atoms with van der Waals surface area (Å²) < 4.78 is 0. The van der Waals surface area contributed by atoms with Gasteiger partial charge in [0.15, 0.2) is 0 Å². The number of carboxylic acids is 2. The molecule has 4 nitrogen and oxygen atoms in total. The summed E-state index contributed by atoms with van der Waals surface area (Å²) in [6.07, 6.45) is 0. The Morgan fingerprint density at radius 2 is 1.14 bits per heavy atom. The first-order valence-electron chi connectivity index (χ1n) is 1.07. The number of rotatable bonds is 0. The van der Waals surface area contributed by atoms with Crippen LogP contribution in [-0.2, 0) is 26.7 Å². The fourth-order valence-electron chi connectivity index (χ4n) is 0. The molecule has 43 valence electrons. The van der Waals surface area contributed by atoms with Gasteiger partial charge in [0.25, 0.3) is 0 Å². The molecule has 5 heteroatoms. The first kappa shape index (κ1) is 9.68. The Hall–Kier alpha value is -0.541. The SMILES string of the molecule is O=C([O-])C(=O)[O-].[Cu+2]. The third-order valence-corrected chi connectivity index (χ3v) is 0.167. The van der Waals surface area contributed by atoms with Crippen LogP contribution in [0.5, 0.6) is 0 Å². The summed E-state index contributed by atoms with van der Waals surface area (Å²) >= 11 is 0. The maximum atomic E-state index is 8.93. The number of carbonyl (C=O) groups is 2. The zero-order valence-electron chi connectivity index (χ0n) is 2.93. The number of carboxylic acid groups (broad SMARTS) is 2. The van der Waals surface area contributed by atoms with Crippen LogP contribution < -0.4 is 10.2 Å². The van der Waals surface area contributed by atoms with Gasteiger partial charge in [0.2, 0.25) is 0 Å². The zero-order chi connectivity index (χ0) is 5.15. The molecule has 0 unspecified atom stereocenters. The Kier molecular flexibility index (Phi) is 5.04. The molecule has 7 heavy (non-hydrogen) atoms. The Balaban J connectivity index is 0. The Bertz CT molecular complexity index is 75.7. The fourth-order valence-corrected chi connectivity index (χ4v) is 0. The summed E-state index contributed by atoms with van der Waals surface area (Å²) in [5.74, 6) is -4.37. The summed E-state index contributed by atoms with van der Waals surface area (Å²) in [5.41, 5.74) is 0. The van der Waals surface area contributed by atoms with Crippen molar-refractivity contribution in [3.63, 3.8) is 0 Å². The fraction of sp³-hybridized carbons (Fsp3) is 0. The molecular formula is C2CuO4. The van der Waals surface area contributed by atoms with Gasteiger partial charge in [-0.3, -0.25) is 0 Å². The average molecular weight is 152 g/mol. The van der Waals surface area contributed by atoms with Crippen LogP contribution in [0.25, 0.3) is 0 Å². The maximum absolute atomic E-state index is 8.93. The van der Waals surface area contributed by atoms with Crippen molar-refractivity contribution in [3.05, 3.63) is 0 Å². The van der Waals surface area contributed by atoms with E-state index in [9.17, 15) is 0 Å². The maximum Gasteiger partial charge on any atom is 2.00 e. The van der Waals surface area contributed by atoms with Crippen LogP contribution in [0.1, 0.15) is 0 Å². The monoisotopic (exact) mass is 151 g/mol. The van der Waals surface area contributed by atoms with Gasteiger partial charge >= 0.3 is 17.1 Å². The second kappa shape index (κ2) is 3.64. The van der Waals surface area contributed by atoms with E-state index in [0.717, 1.165) is 0 Å². The summed E-state index contributed by atoms with van der Waals surface area (Å²) in [6, 6.07) is 0. The average Bonchev–Trinajstić information content (AvgIpc) is 1.36. The first-order valence-corrected chi connectivity index (χ1v) is 1.07. The van der Waals surface area contributed by atoms with Crippen molar-refractivity contribution >= 4 is 11.9 Å². The van der Waals surface area contributed by atoms with Crippen LogP contribution in [-0.4, -0.2) is 11.9 Å². The molecule has 0 saturated heterocycles. The van der Waals surface area contributed by atoms with Crippen molar-refractivity contribution in [1.82, 2.24) is 0 Å².